The lowest BCUT2D eigenvalue weighted by Crippen LogP contribution is -2.47. The van der Waals surface area contributed by atoms with E-state index in [1.807, 2.05) is 4.68 Å². The number of piperidine rings is 1. The van der Waals surface area contributed by atoms with Gasteiger partial charge < -0.3 is 0 Å². The molecule has 1 N–H and O–H groups in total. The van der Waals surface area contributed by atoms with E-state index >= 15 is 0 Å². The summed E-state index contributed by atoms with van der Waals surface area (Å²) in [6, 6.07) is 0.457. The molecule has 1 aromatic rings. The third kappa shape index (κ3) is 3.53. The molecule has 1 saturated heterocycles. The molecule has 8 nitrogen and oxygen atoms in total. The van der Waals surface area contributed by atoms with E-state index in [2.05, 4.69) is 25.1 Å². The van der Waals surface area contributed by atoms with Crippen molar-refractivity contribution in [3.8, 4) is 0 Å². The predicted octanol–water partition coefficient (Wildman–Crippen LogP) is -0.478. The van der Waals surface area contributed by atoms with Crippen LogP contribution < -0.4 is 4.72 Å². The third-order valence-electron chi connectivity index (χ3n) is 3.71. The van der Waals surface area contributed by atoms with Gasteiger partial charge in [0.05, 0.1) is 18.8 Å². The number of nitrogens with zero attached hydrogens (tertiary/aromatic N) is 5. The van der Waals surface area contributed by atoms with Crippen LogP contribution >= 0.6 is 0 Å². The van der Waals surface area contributed by atoms with Crippen LogP contribution in [0.3, 0.4) is 0 Å². The summed E-state index contributed by atoms with van der Waals surface area (Å²) in [6.07, 6.45) is 5.38. The highest BCUT2D eigenvalue weighted by Crippen LogP contribution is 2.34. The van der Waals surface area contributed by atoms with E-state index in [9.17, 15) is 8.42 Å². The first-order valence-electron chi connectivity index (χ1n) is 6.98. The zero-order chi connectivity index (χ0) is 14.2. The molecule has 1 atom stereocenters. The van der Waals surface area contributed by atoms with Crippen LogP contribution in [-0.4, -0.2) is 58.9 Å². The molecule has 2 fully saturated rings. The Balaban J connectivity index is 1.61. The van der Waals surface area contributed by atoms with E-state index in [4.69, 9.17) is 0 Å². The third-order valence-corrected chi connectivity index (χ3v) is 4.47. The summed E-state index contributed by atoms with van der Waals surface area (Å²) in [5, 5.41) is 11.9. The van der Waals surface area contributed by atoms with Crippen LogP contribution in [0.4, 0.5) is 0 Å². The molecule has 1 aliphatic carbocycles. The lowest BCUT2D eigenvalue weighted by atomic mass is 10.1. The van der Waals surface area contributed by atoms with Crippen molar-refractivity contribution in [3.05, 3.63) is 5.82 Å². The largest absolute Gasteiger partial charge is 0.294 e. The van der Waals surface area contributed by atoms with E-state index in [1.54, 1.807) is 0 Å². The first-order valence-corrected chi connectivity index (χ1v) is 8.87. The number of aromatic nitrogens is 4. The lowest BCUT2D eigenvalue weighted by molar-refractivity contribution is 0.187. The molecule has 1 aromatic heterocycles. The number of tetrazole rings is 1. The van der Waals surface area contributed by atoms with E-state index < -0.39 is 10.0 Å². The van der Waals surface area contributed by atoms with Gasteiger partial charge in [0.1, 0.15) is 0 Å². The summed E-state index contributed by atoms with van der Waals surface area (Å²) in [4.78, 5) is 2.22. The predicted molar refractivity (Wildman–Crippen MR) is 72.4 cm³/mol. The van der Waals surface area contributed by atoms with Gasteiger partial charge in [-0.05, 0) is 42.7 Å². The molecule has 0 aromatic carbocycles. The maximum atomic E-state index is 11.3. The first kappa shape index (κ1) is 13.9. The van der Waals surface area contributed by atoms with E-state index in [0.29, 0.717) is 19.1 Å². The van der Waals surface area contributed by atoms with Gasteiger partial charge in [0, 0.05) is 12.6 Å². The Morgan fingerprint density at radius 2 is 2.15 bits per heavy atom. The summed E-state index contributed by atoms with van der Waals surface area (Å²) in [7, 11) is -3.14. The molecule has 1 saturated carbocycles. The Bertz CT molecular complexity index is 567. The maximum Gasteiger partial charge on any atom is 0.208 e. The van der Waals surface area contributed by atoms with Crippen LogP contribution in [0.25, 0.3) is 0 Å². The number of hydrogen-bond donors (Lipinski definition) is 1. The summed E-state index contributed by atoms with van der Waals surface area (Å²) < 4.78 is 27.2. The Kier molecular flexibility index (Phi) is 3.74. The topological polar surface area (TPSA) is 93.0 Å². The molecule has 2 heterocycles. The number of likely N-dealkylation sites (tertiary alicyclic amines) is 1. The van der Waals surface area contributed by atoms with Gasteiger partial charge in [0.2, 0.25) is 10.0 Å². The fraction of sp³-hybridized carbons (Fsp3) is 0.909. The van der Waals surface area contributed by atoms with E-state index in [1.165, 1.54) is 6.26 Å². The zero-order valence-electron chi connectivity index (χ0n) is 11.6. The molecule has 1 aliphatic heterocycles. The standard InChI is InChI=1S/C11H20N6O2S/c1-20(18,19)13-9-3-2-6-16(7-9)8-11-12-14-15-17(11)10-4-5-10/h9-10,13H,2-8H2,1H3. The van der Waals surface area contributed by atoms with Crippen LogP contribution in [0.1, 0.15) is 37.5 Å². The minimum Gasteiger partial charge on any atom is -0.294 e. The number of nitrogens with one attached hydrogen (secondary N) is 1. The average molecular weight is 300 g/mol. The van der Waals surface area contributed by atoms with Crippen molar-refractivity contribution in [2.75, 3.05) is 19.3 Å². The molecule has 0 bridgehead atoms. The van der Waals surface area contributed by atoms with E-state index in [0.717, 1.165) is 38.1 Å². The fourth-order valence-electron chi connectivity index (χ4n) is 2.72. The zero-order valence-corrected chi connectivity index (χ0v) is 12.4. The van der Waals surface area contributed by atoms with Gasteiger partial charge in [-0.15, -0.1) is 5.10 Å². The van der Waals surface area contributed by atoms with Crippen molar-refractivity contribution in [2.24, 2.45) is 0 Å². The van der Waals surface area contributed by atoms with Crippen molar-refractivity contribution >= 4 is 10.0 Å². The second-order valence-electron chi connectivity index (χ2n) is 5.74. The fourth-order valence-corrected chi connectivity index (χ4v) is 3.52. The van der Waals surface area contributed by atoms with Crippen molar-refractivity contribution in [2.45, 2.75) is 44.3 Å². The average Bonchev–Trinajstić information content (AvgIpc) is 3.09. The van der Waals surface area contributed by atoms with Gasteiger partial charge in [-0.3, -0.25) is 4.90 Å². The van der Waals surface area contributed by atoms with Crippen LogP contribution in [0.15, 0.2) is 0 Å². The Hall–Kier alpha value is -1.06. The van der Waals surface area contributed by atoms with Crippen molar-refractivity contribution in [1.82, 2.24) is 29.8 Å². The SMILES string of the molecule is CS(=O)(=O)NC1CCCN(Cc2nnnn2C2CC2)C1. The van der Waals surface area contributed by atoms with Crippen LogP contribution in [0, 0.1) is 0 Å². The highest BCUT2D eigenvalue weighted by atomic mass is 32.2. The van der Waals surface area contributed by atoms with Crippen LogP contribution in [-0.2, 0) is 16.6 Å². The molecule has 0 spiro atoms. The van der Waals surface area contributed by atoms with E-state index in [-0.39, 0.29) is 6.04 Å². The monoisotopic (exact) mass is 300 g/mol. The van der Waals surface area contributed by atoms with Gasteiger partial charge in [-0.1, -0.05) is 0 Å². The molecule has 2 aliphatic rings. The first-order chi connectivity index (χ1) is 9.51. The summed E-state index contributed by atoms with van der Waals surface area (Å²) in [5.41, 5.74) is 0. The van der Waals surface area contributed by atoms with Gasteiger partial charge in [0.25, 0.3) is 0 Å². The Morgan fingerprint density at radius 1 is 1.35 bits per heavy atom. The molecule has 1 unspecified atom stereocenters. The molecule has 0 amide bonds. The van der Waals surface area contributed by atoms with Crippen LogP contribution in [0.5, 0.6) is 0 Å². The number of sulfonamides is 1. The van der Waals surface area contributed by atoms with Crippen molar-refractivity contribution < 1.29 is 8.42 Å². The molecule has 3 rings (SSSR count). The lowest BCUT2D eigenvalue weighted by Gasteiger charge is -2.32. The second-order valence-corrected chi connectivity index (χ2v) is 7.52. The summed E-state index contributed by atoms with van der Waals surface area (Å²) in [6.45, 7) is 2.36. The second kappa shape index (κ2) is 5.38. The summed E-state index contributed by atoms with van der Waals surface area (Å²) >= 11 is 0. The molecule has 9 heteroatoms. The molecular weight excluding hydrogens is 280 g/mol. The Morgan fingerprint density at radius 3 is 2.85 bits per heavy atom. The molecule has 20 heavy (non-hydrogen) atoms. The summed E-state index contributed by atoms with van der Waals surface area (Å²) in [5.74, 6) is 0.882. The molecule has 0 radical (unpaired) electrons. The van der Waals surface area contributed by atoms with Gasteiger partial charge in [0.15, 0.2) is 5.82 Å². The van der Waals surface area contributed by atoms with Crippen molar-refractivity contribution in [1.29, 1.82) is 0 Å². The minimum atomic E-state index is -3.14. The van der Waals surface area contributed by atoms with Crippen LogP contribution in [0.2, 0.25) is 0 Å². The van der Waals surface area contributed by atoms with Gasteiger partial charge in [-0.2, -0.15) is 0 Å². The number of hydrogen-bond acceptors (Lipinski definition) is 6. The smallest absolute Gasteiger partial charge is 0.208 e. The van der Waals surface area contributed by atoms with Gasteiger partial charge >= 0.3 is 0 Å². The maximum absolute atomic E-state index is 11.3. The van der Waals surface area contributed by atoms with Crippen molar-refractivity contribution in [3.63, 3.8) is 0 Å². The highest BCUT2D eigenvalue weighted by molar-refractivity contribution is 7.88. The normalized spacial score (nSPS) is 24.9. The quantitative estimate of drug-likeness (QED) is 0.789. The number of rotatable bonds is 5. The molecular formula is C11H20N6O2S. The minimum absolute atomic E-state index is 0.0102. The van der Waals surface area contributed by atoms with Gasteiger partial charge in [-0.25, -0.2) is 17.8 Å². The molecule has 112 valence electrons. The highest BCUT2D eigenvalue weighted by Gasteiger charge is 2.29. The Labute approximate surface area is 118 Å².